The first-order valence-electron chi connectivity index (χ1n) is 7.66. The summed E-state index contributed by atoms with van der Waals surface area (Å²) in [6, 6.07) is 3.67. The minimum absolute atomic E-state index is 0.00907. The van der Waals surface area contributed by atoms with Gasteiger partial charge in [-0.3, -0.25) is 4.79 Å². The zero-order valence-corrected chi connectivity index (χ0v) is 13.3. The molecule has 5 heteroatoms. The second kappa shape index (κ2) is 5.85. The molecule has 4 nitrogen and oxygen atoms in total. The largest absolute Gasteiger partial charge is 0.370 e. The fourth-order valence-electron chi connectivity index (χ4n) is 3.30. The third-order valence-electron chi connectivity index (χ3n) is 4.60. The van der Waals surface area contributed by atoms with Gasteiger partial charge < -0.3 is 15.5 Å². The maximum absolute atomic E-state index is 11.9. The maximum Gasteiger partial charge on any atom is 0.246 e. The number of hydrogen-bond acceptors (Lipinski definition) is 3. The first-order chi connectivity index (χ1) is 10.1. The second-order valence-electron chi connectivity index (χ2n) is 6.12. The van der Waals surface area contributed by atoms with Crippen LogP contribution in [-0.4, -0.2) is 26.0 Å². The molecular formula is C16H22ClN3O. The Balaban J connectivity index is 1.91. The number of halogens is 1. The zero-order chi connectivity index (χ0) is 15.0. The Labute approximate surface area is 130 Å². The summed E-state index contributed by atoms with van der Waals surface area (Å²) in [5.74, 6) is 0.766. The second-order valence-corrected chi connectivity index (χ2v) is 6.53. The molecule has 1 aromatic rings. The van der Waals surface area contributed by atoms with Crippen LogP contribution in [0.5, 0.6) is 0 Å². The SMILES string of the molecule is CNC1C(=O)Nc2cc(N3CCCC(C)CC3)c(Cl)cc21. The molecule has 2 aliphatic rings. The number of nitrogens with one attached hydrogen (secondary N) is 2. The summed E-state index contributed by atoms with van der Waals surface area (Å²) in [6.45, 7) is 4.38. The van der Waals surface area contributed by atoms with Crippen molar-refractivity contribution in [2.45, 2.75) is 32.2 Å². The van der Waals surface area contributed by atoms with E-state index in [1.807, 2.05) is 12.1 Å². The quantitative estimate of drug-likeness (QED) is 0.882. The standard InChI is InChI=1S/C16H22ClN3O/c1-10-4-3-6-20(7-5-10)14-9-13-11(8-12(14)17)15(18-2)16(21)19-13/h8-10,15,18H,3-7H2,1-2H3,(H,19,21). The van der Waals surface area contributed by atoms with Crippen molar-refractivity contribution in [3.63, 3.8) is 0 Å². The van der Waals surface area contributed by atoms with Crippen LogP contribution in [0.1, 0.15) is 37.8 Å². The van der Waals surface area contributed by atoms with Crippen molar-refractivity contribution in [2.24, 2.45) is 5.92 Å². The van der Waals surface area contributed by atoms with Crippen LogP contribution < -0.4 is 15.5 Å². The number of anilines is 2. The highest BCUT2D eigenvalue weighted by Crippen LogP contribution is 2.39. The van der Waals surface area contributed by atoms with Crippen LogP contribution in [0.25, 0.3) is 0 Å². The molecule has 114 valence electrons. The molecule has 0 spiro atoms. The van der Waals surface area contributed by atoms with E-state index in [9.17, 15) is 4.79 Å². The smallest absolute Gasteiger partial charge is 0.246 e. The highest BCUT2D eigenvalue weighted by Gasteiger charge is 2.31. The molecule has 0 aromatic heterocycles. The first-order valence-corrected chi connectivity index (χ1v) is 8.04. The number of fused-ring (bicyclic) bond motifs is 1. The number of benzene rings is 1. The van der Waals surface area contributed by atoms with Gasteiger partial charge in [-0.2, -0.15) is 0 Å². The van der Waals surface area contributed by atoms with Crippen LogP contribution in [0.2, 0.25) is 5.02 Å². The summed E-state index contributed by atoms with van der Waals surface area (Å²) < 4.78 is 0. The minimum atomic E-state index is -0.296. The molecule has 0 radical (unpaired) electrons. The van der Waals surface area contributed by atoms with Crippen molar-refractivity contribution >= 4 is 28.9 Å². The van der Waals surface area contributed by atoms with E-state index in [0.29, 0.717) is 0 Å². The van der Waals surface area contributed by atoms with Gasteiger partial charge >= 0.3 is 0 Å². The number of amides is 1. The summed E-state index contributed by atoms with van der Waals surface area (Å²) in [5, 5.41) is 6.71. The van der Waals surface area contributed by atoms with Crippen LogP contribution in [0.3, 0.4) is 0 Å². The van der Waals surface area contributed by atoms with Crippen LogP contribution in [0, 0.1) is 5.92 Å². The van der Waals surface area contributed by atoms with Gasteiger partial charge in [0.05, 0.1) is 10.7 Å². The molecule has 0 saturated carbocycles. The molecule has 21 heavy (non-hydrogen) atoms. The third kappa shape index (κ3) is 2.74. The summed E-state index contributed by atoms with van der Waals surface area (Å²) in [4.78, 5) is 14.3. The van der Waals surface area contributed by atoms with Gasteiger partial charge in [0.2, 0.25) is 5.91 Å². The Bertz CT molecular complexity index is 561. The van der Waals surface area contributed by atoms with E-state index >= 15 is 0 Å². The van der Waals surface area contributed by atoms with E-state index in [1.165, 1.54) is 19.3 Å². The van der Waals surface area contributed by atoms with Crippen LogP contribution in [0.4, 0.5) is 11.4 Å². The number of carbonyl (C=O) groups is 1. The van der Waals surface area contributed by atoms with E-state index in [-0.39, 0.29) is 11.9 Å². The number of nitrogens with zero attached hydrogens (tertiary/aromatic N) is 1. The summed E-state index contributed by atoms with van der Waals surface area (Å²) in [6.07, 6.45) is 3.66. The average molecular weight is 308 g/mol. The molecule has 2 N–H and O–H groups in total. The van der Waals surface area contributed by atoms with Crippen LogP contribution in [-0.2, 0) is 4.79 Å². The molecule has 2 aliphatic heterocycles. The highest BCUT2D eigenvalue weighted by atomic mass is 35.5. The molecule has 1 amide bonds. The van der Waals surface area contributed by atoms with Gasteiger partial charge in [0.25, 0.3) is 0 Å². The van der Waals surface area contributed by atoms with Crippen molar-refractivity contribution in [3.8, 4) is 0 Å². The molecule has 0 bridgehead atoms. The Morgan fingerprint density at radius 3 is 2.90 bits per heavy atom. The lowest BCUT2D eigenvalue weighted by Crippen LogP contribution is -2.24. The lowest BCUT2D eigenvalue weighted by atomic mass is 10.0. The van der Waals surface area contributed by atoms with E-state index in [0.717, 1.165) is 41.0 Å². The molecule has 1 aromatic carbocycles. The van der Waals surface area contributed by atoms with Gasteiger partial charge in [0.15, 0.2) is 0 Å². The van der Waals surface area contributed by atoms with Gasteiger partial charge in [-0.05, 0) is 44.4 Å². The van der Waals surface area contributed by atoms with E-state index < -0.39 is 0 Å². The predicted molar refractivity (Wildman–Crippen MR) is 87.1 cm³/mol. The van der Waals surface area contributed by atoms with Crippen molar-refractivity contribution in [1.82, 2.24) is 5.32 Å². The van der Waals surface area contributed by atoms with Gasteiger partial charge in [-0.15, -0.1) is 0 Å². The normalized spacial score (nSPS) is 25.5. The Kier molecular flexibility index (Phi) is 4.09. The van der Waals surface area contributed by atoms with Crippen LogP contribution in [0.15, 0.2) is 12.1 Å². The number of likely N-dealkylation sites (N-methyl/N-ethyl adjacent to an activating group) is 1. The fraction of sp³-hybridized carbons (Fsp3) is 0.562. The number of rotatable bonds is 2. The third-order valence-corrected chi connectivity index (χ3v) is 4.90. The maximum atomic E-state index is 11.9. The monoisotopic (exact) mass is 307 g/mol. The first kappa shape index (κ1) is 14.7. The topological polar surface area (TPSA) is 44.4 Å². The van der Waals surface area contributed by atoms with Crippen molar-refractivity contribution in [2.75, 3.05) is 30.4 Å². The summed E-state index contributed by atoms with van der Waals surface area (Å²) in [5.41, 5.74) is 2.87. The van der Waals surface area contributed by atoms with Gasteiger partial charge in [0.1, 0.15) is 6.04 Å². The number of hydrogen-bond donors (Lipinski definition) is 2. The fourth-order valence-corrected chi connectivity index (χ4v) is 3.59. The Morgan fingerprint density at radius 2 is 2.14 bits per heavy atom. The molecule has 3 rings (SSSR count). The van der Waals surface area contributed by atoms with Crippen molar-refractivity contribution < 1.29 is 4.79 Å². The lowest BCUT2D eigenvalue weighted by Gasteiger charge is -2.25. The van der Waals surface area contributed by atoms with E-state index in [2.05, 4.69) is 22.5 Å². The molecule has 2 atom stereocenters. The van der Waals surface area contributed by atoms with Crippen molar-refractivity contribution in [1.29, 1.82) is 0 Å². The molecule has 1 fully saturated rings. The Morgan fingerprint density at radius 1 is 1.33 bits per heavy atom. The average Bonchev–Trinajstić information content (AvgIpc) is 2.61. The van der Waals surface area contributed by atoms with Gasteiger partial charge in [-0.1, -0.05) is 18.5 Å². The molecule has 1 saturated heterocycles. The highest BCUT2D eigenvalue weighted by molar-refractivity contribution is 6.33. The summed E-state index contributed by atoms with van der Waals surface area (Å²) >= 11 is 6.49. The molecule has 0 aliphatic carbocycles. The van der Waals surface area contributed by atoms with Crippen molar-refractivity contribution in [3.05, 3.63) is 22.7 Å². The van der Waals surface area contributed by atoms with E-state index in [1.54, 1.807) is 7.05 Å². The van der Waals surface area contributed by atoms with Crippen LogP contribution >= 0.6 is 11.6 Å². The predicted octanol–water partition coefficient (Wildman–Crippen LogP) is 3.18. The van der Waals surface area contributed by atoms with E-state index in [4.69, 9.17) is 11.6 Å². The molecule has 2 heterocycles. The Hall–Kier alpha value is -1.26. The molecular weight excluding hydrogens is 286 g/mol. The number of carbonyl (C=O) groups excluding carboxylic acids is 1. The van der Waals surface area contributed by atoms with Gasteiger partial charge in [0, 0.05) is 24.3 Å². The summed E-state index contributed by atoms with van der Waals surface area (Å²) in [7, 11) is 1.79. The lowest BCUT2D eigenvalue weighted by molar-refractivity contribution is -0.117. The zero-order valence-electron chi connectivity index (χ0n) is 12.6. The van der Waals surface area contributed by atoms with Gasteiger partial charge in [-0.25, -0.2) is 0 Å². The molecule has 2 unspecified atom stereocenters. The minimum Gasteiger partial charge on any atom is -0.370 e.